The first-order chi connectivity index (χ1) is 8.24. The topological polar surface area (TPSA) is 66.2 Å². The number of hydrogen-bond donors (Lipinski definition) is 2. The summed E-state index contributed by atoms with van der Waals surface area (Å²) in [6, 6.07) is 8.05. The Labute approximate surface area is 101 Å². The van der Waals surface area contributed by atoms with Crippen LogP contribution in [0, 0.1) is 0 Å². The molecule has 0 aliphatic heterocycles. The Balaban J connectivity index is 2.23. The van der Waals surface area contributed by atoms with Crippen LogP contribution in [-0.2, 0) is 0 Å². The van der Waals surface area contributed by atoms with Crippen LogP contribution in [0.5, 0.6) is 11.5 Å². The van der Waals surface area contributed by atoms with Crippen LogP contribution in [0.2, 0.25) is 0 Å². The number of nitrogens with zero attached hydrogens (tertiary/aromatic N) is 2. The normalized spacial score (nSPS) is 10.8. The van der Waals surface area contributed by atoms with Gasteiger partial charge in [-0.25, -0.2) is 9.97 Å². The van der Waals surface area contributed by atoms with E-state index in [2.05, 4.69) is 9.97 Å². The third-order valence-corrected chi connectivity index (χ3v) is 3.39. The summed E-state index contributed by atoms with van der Waals surface area (Å²) in [6.07, 6.45) is 1.70. The van der Waals surface area contributed by atoms with Crippen LogP contribution in [0.15, 0.2) is 36.5 Å². The highest BCUT2D eigenvalue weighted by Gasteiger charge is 2.11. The summed E-state index contributed by atoms with van der Waals surface area (Å²) in [7, 11) is 0. The molecule has 1 aromatic carbocycles. The van der Waals surface area contributed by atoms with E-state index in [9.17, 15) is 10.2 Å². The van der Waals surface area contributed by atoms with Crippen molar-refractivity contribution < 1.29 is 10.2 Å². The standard InChI is InChI=1S/C12H8N2O2S/c15-7-3-4-10(16)8(6-7)11-14-9-2-1-5-13-12(9)17-11/h1-6,15-16H. The molecule has 5 heteroatoms. The van der Waals surface area contributed by atoms with E-state index in [-0.39, 0.29) is 11.5 Å². The number of benzene rings is 1. The Morgan fingerprint density at radius 3 is 2.82 bits per heavy atom. The van der Waals surface area contributed by atoms with Crippen LogP contribution in [-0.4, -0.2) is 20.2 Å². The second-order valence-electron chi connectivity index (χ2n) is 3.55. The van der Waals surface area contributed by atoms with E-state index < -0.39 is 0 Å². The maximum Gasteiger partial charge on any atom is 0.143 e. The average Bonchev–Trinajstić information content (AvgIpc) is 2.75. The number of phenols is 2. The Hall–Kier alpha value is -2.14. The van der Waals surface area contributed by atoms with Gasteiger partial charge in [0.15, 0.2) is 0 Å². The molecule has 84 valence electrons. The van der Waals surface area contributed by atoms with Crippen molar-refractivity contribution in [3.8, 4) is 22.1 Å². The number of aromatic nitrogens is 2. The van der Waals surface area contributed by atoms with E-state index in [4.69, 9.17) is 0 Å². The quantitative estimate of drug-likeness (QED) is 0.646. The van der Waals surface area contributed by atoms with E-state index in [0.717, 1.165) is 10.3 Å². The number of phenolic OH excluding ortho intramolecular Hbond substituents is 2. The third kappa shape index (κ3) is 1.70. The first-order valence-corrected chi connectivity index (χ1v) is 5.79. The molecule has 0 aliphatic carbocycles. The van der Waals surface area contributed by atoms with Gasteiger partial charge in [0.25, 0.3) is 0 Å². The van der Waals surface area contributed by atoms with Gasteiger partial charge in [0.2, 0.25) is 0 Å². The van der Waals surface area contributed by atoms with Gasteiger partial charge in [0.05, 0.1) is 5.56 Å². The lowest BCUT2D eigenvalue weighted by Crippen LogP contribution is -1.77. The van der Waals surface area contributed by atoms with E-state index >= 15 is 0 Å². The molecule has 0 atom stereocenters. The first kappa shape index (κ1) is 10.0. The van der Waals surface area contributed by atoms with Crippen molar-refractivity contribution in [1.82, 2.24) is 9.97 Å². The van der Waals surface area contributed by atoms with Gasteiger partial charge in [-0.3, -0.25) is 0 Å². The van der Waals surface area contributed by atoms with Crippen molar-refractivity contribution in [3.05, 3.63) is 36.5 Å². The van der Waals surface area contributed by atoms with E-state index in [1.807, 2.05) is 12.1 Å². The third-order valence-electron chi connectivity index (χ3n) is 2.38. The van der Waals surface area contributed by atoms with Crippen molar-refractivity contribution in [2.75, 3.05) is 0 Å². The van der Waals surface area contributed by atoms with Gasteiger partial charge in [0, 0.05) is 6.20 Å². The molecule has 3 rings (SSSR count). The lowest BCUT2D eigenvalue weighted by Gasteiger charge is -2.00. The van der Waals surface area contributed by atoms with Crippen molar-refractivity contribution in [3.63, 3.8) is 0 Å². The summed E-state index contributed by atoms with van der Waals surface area (Å²) < 4.78 is 0. The maximum absolute atomic E-state index is 9.75. The lowest BCUT2D eigenvalue weighted by molar-refractivity contribution is 0.462. The van der Waals surface area contributed by atoms with Crippen LogP contribution in [0.4, 0.5) is 0 Å². The van der Waals surface area contributed by atoms with Crippen LogP contribution >= 0.6 is 11.3 Å². The van der Waals surface area contributed by atoms with Gasteiger partial charge in [-0.2, -0.15) is 0 Å². The maximum atomic E-state index is 9.75. The first-order valence-electron chi connectivity index (χ1n) is 4.98. The molecule has 0 unspecified atom stereocenters. The van der Waals surface area contributed by atoms with Crippen molar-refractivity contribution >= 4 is 21.7 Å². The molecule has 0 saturated carbocycles. The zero-order valence-corrected chi connectivity index (χ0v) is 9.48. The van der Waals surface area contributed by atoms with Gasteiger partial charge in [0.1, 0.15) is 26.9 Å². The minimum absolute atomic E-state index is 0.0989. The smallest absolute Gasteiger partial charge is 0.143 e. The number of aromatic hydroxyl groups is 2. The summed E-state index contributed by atoms with van der Waals surface area (Å²) in [4.78, 5) is 9.37. The molecule has 2 heterocycles. The second-order valence-corrected chi connectivity index (χ2v) is 4.53. The highest BCUT2D eigenvalue weighted by molar-refractivity contribution is 7.21. The fourth-order valence-electron chi connectivity index (χ4n) is 1.58. The van der Waals surface area contributed by atoms with E-state index in [0.29, 0.717) is 10.6 Å². The van der Waals surface area contributed by atoms with Crippen LogP contribution in [0.3, 0.4) is 0 Å². The SMILES string of the molecule is Oc1ccc(O)c(-c2nc3cccnc3s2)c1. The lowest BCUT2D eigenvalue weighted by atomic mass is 10.2. The predicted molar refractivity (Wildman–Crippen MR) is 66.2 cm³/mol. The summed E-state index contributed by atoms with van der Waals surface area (Å²) in [5.74, 6) is 0.201. The molecule has 3 aromatic rings. The molecule has 2 aromatic heterocycles. The van der Waals surface area contributed by atoms with Gasteiger partial charge >= 0.3 is 0 Å². The minimum atomic E-state index is 0.0989. The molecule has 0 radical (unpaired) electrons. The number of rotatable bonds is 1. The van der Waals surface area contributed by atoms with Crippen molar-refractivity contribution in [2.45, 2.75) is 0 Å². The Morgan fingerprint density at radius 1 is 1.12 bits per heavy atom. The van der Waals surface area contributed by atoms with Crippen LogP contribution < -0.4 is 0 Å². The highest BCUT2D eigenvalue weighted by Crippen LogP contribution is 2.36. The van der Waals surface area contributed by atoms with Gasteiger partial charge in [-0.05, 0) is 30.3 Å². The summed E-state index contributed by atoms with van der Waals surface area (Å²) >= 11 is 1.38. The Bertz CT molecular complexity index is 661. The fourth-order valence-corrected chi connectivity index (χ4v) is 2.51. The molecule has 0 saturated heterocycles. The Morgan fingerprint density at radius 2 is 2.00 bits per heavy atom. The largest absolute Gasteiger partial charge is 0.508 e. The number of thiazole rings is 1. The van der Waals surface area contributed by atoms with E-state index in [1.54, 1.807) is 6.20 Å². The molecular weight excluding hydrogens is 236 g/mol. The predicted octanol–water partition coefficient (Wildman–Crippen LogP) is 2.77. The number of hydrogen-bond acceptors (Lipinski definition) is 5. The second kappa shape index (κ2) is 3.71. The van der Waals surface area contributed by atoms with E-state index in [1.165, 1.54) is 29.5 Å². The van der Waals surface area contributed by atoms with Crippen molar-refractivity contribution in [1.29, 1.82) is 0 Å². The molecule has 0 fully saturated rings. The Kier molecular flexibility index (Phi) is 2.19. The number of fused-ring (bicyclic) bond motifs is 1. The monoisotopic (exact) mass is 244 g/mol. The van der Waals surface area contributed by atoms with Gasteiger partial charge in [-0.15, -0.1) is 0 Å². The van der Waals surface area contributed by atoms with Crippen LogP contribution in [0.1, 0.15) is 0 Å². The molecular formula is C12H8N2O2S. The molecule has 0 amide bonds. The fraction of sp³-hybridized carbons (Fsp3) is 0. The van der Waals surface area contributed by atoms with Crippen LogP contribution in [0.25, 0.3) is 20.9 Å². The molecule has 0 spiro atoms. The summed E-state index contributed by atoms with van der Waals surface area (Å²) in [5, 5.41) is 19.8. The summed E-state index contributed by atoms with van der Waals surface area (Å²) in [5.41, 5.74) is 1.31. The van der Waals surface area contributed by atoms with Gasteiger partial charge < -0.3 is 10.2 Å². The summed E-state index contributed by atoms with van der Waals surface area (Å²) in [6.45, 7) is 0. The molecule has 4 nitrogen and oxygen atoms in total. The molecule has 2 N–H and O–H groups in total. The zero-order chi connectivity index (χ0) is 11.8. The molecule has 17 heavy (non-hydrogen) atoms. The molecule has 0 aliphatic rings. The zero-order valence-electron chi connectivity index (χ0n) is 8.66. The van der Waals surface area contributed by atoms with Crippen molar-refractivity contribution in [2.24, 2.45) is 0 Å². The minimum Gasteiger partial charge on any atom is -0.508 e. The van der Waals surface area contributed by atoms with Gasteiger partial charge in [-0.1, -0.05) is 11.3 Å². The highest BCUT2D eigenvalue weighted by atomic mass is 32.1. The molecule has 0 bridgehead atoms. The average molecular weight is 244 g/mol. The number of pyridine rings is 1.